The van der Waals surface area contributed by atoms with E-state index in [4.69, 9.17) is 9.92 Å². The standard InChI is InChI=1S/C20H17FN2O4S/c21-17-7-8-18(15-4-2-1-3-14(15)17)28(25,26)27-13-6-5-12-9-10-23-19(20(22)24)16(12)11-13/h1-8,11,19,23H,9-10H2,(H2,22,24). The van der Waals surface area contributed by atoms with Crippen LogP contribution in [0, 0.1) is 5.82 Å². The minimum atomic E-state index is -4.22. The van der Waals surface area contributed by atoms with Gasteiger partial charge < -0.3 is 15.2 Å². The minimum absolute atomic E-state index is 0.0575. The summed E-state index contributed by atoms with van der Waals surface area (Å²) in [6.45, 7) is 0.598. The van der Waals surface area contributed by atoms with Crippen LogP contribution in [-0.2, 0) is 21.3 Å². The highest BCUT2D eigenvalue weighted by Crippen LogP contribution is 2.31. The van der Waals surface area contributed by atoms with E-state index in [1.807, 2.05) is 0 Å². The predicted octanol–water partition coefficient (Wildman–Crippen LogP) is 2.42. The van der Waals surface area contributed by atoms with Crippen LogP contribution in [0.5, 0.6) is 5.75 Å². The monoisotopic (exact) mass is 400 g/mol. The zero-order valence-corrected chi connectivity index (χ0v) is 15.5. The van der Waals surface area contributed by atoms with Crippen molar-refractivity contribution in [3.8, 4) is 5.75 Å². The van der Waals surface area contributed by atoms with Gasteiger partial charge in [0.15, 0.2) is 0 Å². The number of nitrogens with one attached hydrogen (secondary N) is 1. The Kier molecular flexibility index (Phi) is 4.52. The van der Waals surface area contributed by atoms with Gasteiger partial charge in [0.1, 0.15) is 22.5 Å². The second-order valence-electron chi connectivity index (χ2n) is 6.53. The van der Waals surface area contributed by atoms with E-state index in [0.717, 1.165) is 11.6 Å². The molecule has 0 aliphatic carbocycles. The fraction of sp³-hybridized carbons (Fsp3) is 0.150. The number of rotatable bonds is 4. The average molecular weight is 400 g/mol. The molecule has 1 atom stereocenters. The SMILES string of the molecule is NC(=O)C1NCCc2ccc(OS(=O)(=O)c3ccc(F)c4ccccc34)cc21. The maximum Gasteiger partial charge on any atom is 0.339 e. The molecule has 1 amide bonds. The third-order valence-corrected chi connectivity index (χ3v) is 6.07. The van der Waals surface area contributed by atoms with Crippen LogP contribution in [0.2, 0.25) is 0 Å². The highest BCUT2D eigenvalue weighted by Gasteiger charge is 2.26. The molecule has 3 aromatic carbocycles. The van der Waals surface area contributed by atoms with Crippen molar-refractivity contribution in [1.82, 2.24) is 5.32 Å². The zero-order chi connectivity index (χ0) is 19.9. The van der Waals surface area contributed by atoms with E-state index in [9.17, 15) is 17.6 Å². The van der Waals surface area contributed by atoms with Crippen LogP contribution in [0.25, 0.3) is 10.8 Å². The van der Waals surface area contributed by atoms with Crippen molar-refractivity contribution >= 4 is 26.8 Å². The number of amides is 1. The molecule has 1 unspecified atom stereocenters. The molecule has 0 saturated heterocycles. The summed E-state index contributed by atoms with van der Waals surface area (Å²) in [4.78, 5) is 11.5. The van der Waals surface area contributed by atoms with E-state index < -0.39 is 27.9 Å². The third-order valence-electron chi connectivity index (χ3n) is 4.76. The number of nitrogens with two attached hydrogens (primary N) is 1. The lowest BCUT2D eigenvalue weighted by atomic mass is 9.94. The number of hydrogen-bond acceptors (Lipinski definition) is 5. The van der Waals surface area contributed by atoms with Crippen molar-refractivity contribution in [3.63, 3.8) is 0 Å². The van der Waals surface area contributed by atoms with Crippen LogP contribution in [-0.4, -0.2) is 20.9 Å². The normalized spacial score (nSPS) is 16.5. The smallest absolute Gasteiger partial charge is 0.339 e. The van der Waals surface area contributed by atoms with Crippen LogP contribution in [0.4, 0.5) is 4.39 Å². The number of primary amides is 1. The fourth-order valence-corrected chi connectivity index (χ4v) is 4.59. The molecular formula is C20H17FN2O4S. The van der Waals surface area contributed by atoms with Crippen LogP contribution in [0.3, 0.4) is 0 Å². The molecule has 1 heterocycles. The molecule has 0 fully saturated rings. The summed E-state index contributed by atoms with van der Waals surface area (Å²) < 4.78 is 45.0. The second-order valence-corrected chi connectivity index (χ2v) is 8.04. The van der Waals surface area contributed by atoms with Gasteiger partial charge in [0.2, 0.25) is 5.91 Å². The molecule has 0 radical (unpaired) electrons. The van der Waals surface area contributed by atoms with Gasteiger partial charge in [0.05, 0.1) is 0 Å². The van der Waals surface area contributed by atoms with Crippen LogP contribution < -0.4 is 15.2 Å². The number of benzene rings is 3. The van der Waals surface area contributed by atoms with Gasteiger partial charge in [-0.3, -0.25) is 4.79 Å². The lowest BCUT2D eigenvalue weighted by Gasteiger charge is -2.25. The maximum absolute atomic E-state index is 14.0. The van der Waals surface area contributed by atoms with Gasteiger partial charge in [0.25, 0.3) is 0 Å². The lowest BCUT2D eigenvalue weighted by Crippen LogP contribution is -2.38. The average Bonchev–Trinajstić information content (AvgIpc) is 2.67. The summed E-state index contributed by atoms with van der Waals surface area (Å²) in [5, 5.41) is 3.43. The molecule has 144 valence electrons. The molecular weight excluding hydrogens is 383 g/mol. The molecule has 1 aliphatic rings. The van der Waals surface area contributed by atoms with Crippen molar-refractivity contribution in [1.29, 1.82) is 0 Å². The Morgan fingerprint density at radius 2 is 1.86 bits per heavy atom. The highest BCUT2D eigenvalue weighted by molar-refractivity contribution is 7.87. The fourth-order valence-electron chi connectivity index (χ4n) is 3.46. The summed E-state index contributed by atoms with van der Waals surface area (Å²) in [5.41, 5.74) is 6.93. The van der Waals surface area contributed by atoms with E-state index in [0.29, 0.717) is 18.5 Å². The largest absolute Gasteiger partial charge is 0.379 e. The molecule has 8 heteroatoms. The van der Waals surface area contributed by atoms with Crippen LogP contribution >= 0.6 is 0 Å². The molecule has 3 N–H and O–H groups in total. The Hall–Kier alpha value is -2.97. The summed E-state index contributed by atoms with van der Waals surface area (Å²) in [7, 11) is -4.22. The van der Waals surface area contributed by atoms with E-state index in [1.54, 1.807) is 18.2 Å². The van der Waals surface area contributed by atoms with Crippen molar-refractivity contribution in [2.24, 2.45) is 5.73 Å². The van der Waals surface area contributed by atoms with Gasteiger partial charge in [-0.2, -0.15) is 8.42 Å². The second kappa shape index (κ2) is 6.88. The Balaban J connectivity index is 1.75. The van der Waals surface area contributed by atoms with Crippen LogP contribution in [0.1, 0.15) is 17.2 Å². The van der Waals surface area contributed by atoms with Crippen molar-refractivity contribution < 1.29 is 21.8 Å². The van der Waals surface area contributed by atoms with Crippen molar-refractivity contribution in [3.05, 3.63) is 71.5 Å². The van der Waals surface area contributed by atoms with Crippen LogP contribution in [0.15, 0.2) is 59.5 Å². The zero-order valence-electron chi connectivity index (χ0n) is 14.7. The molecule has 6 nitrogen and oxygen atoms in total. The topological polar surface area (TPSA) is 98.5 Å². The van der Waals surface area contributed by atoms with Crippen molar-refractivity contribution in [2.45, 2.75) is 17.4 Å². The molecule has 0 bridgehead atoms. The Labute approximate surface area is 161 Å². The Morgan fingerprint density at radius 3 is 2.61 bits per heavy atom. The summed E-state index contributed by atoms with van der Waals surface area (Å²) in [6.07, 6.45) is 0.689. The van der Waals surface area contributed by atoms with Gasteiger partial charge in [0, 0.05) is 17.3 Å². The lowest BCUT2D eigenvalue weighted by molar-refractivity contribution is -0.120. The highest BCUT2D eigenvalue weighted by atomic mass is 32.2. The number of hydrogen-bond donors (Lipinski definition) is 2. The third kappa shape index (κ3) is 3.21. The quantitative estimate of drug-likeness (QED) is 0.656. The molecule has 0 saturated carbocycles. The molecule has 3 aromatic rings. The molecule has 1 aliphatic heterocycles. The molecule has 4 rings (SSSR count). The number of halogens is 1. The molecule has 0 spiro atoms. The molecule has 28 heavy (non-hydrogen) atoms. The Bertz CT molecular complexity index is 1190. The molecule has 0 aromatic heterocycles. The van der Waals surface area contributed by atoms with Gasteiger partial charge in [-0.1, -0.05) is 30.3 Å². The number of fused-ring (bicyclic) bond motifs is 2. The van der Waals surface area contributed by atoms with E-state index in [-0.39, 0.29) is 21.4 Å². The summed E-state index contributed by atoms with van der Waals surface area (Å²) >= 11 is 0. The van der Waals surface area contributed by atoms with Gasteiger partial charge in [-0.15, -0.1) is 0 Å². The minimum Gasteiger partial charge on any atom is -0.379 e. The number of carbonyl (C=O) groups is 1. The van der Waals surface area contributed by atoms with E-state index in [2.05, 4.69) is 5.32 Å². The van der Waals surface area contributed by atoms with Crippen molar-refractivity contribution in [2.75, 3.05) is 6.54 Å². The van der Waals surface area contributed by atoms with Gasteiger partial charge >= 0.3 is 10.1 Å². The first-order chi connectivity index (χ1) is 13.4. The first-order valence-electron chi connectivity index (χ1n) is 8.64. The first-order valence-corrected chi connectivity index (χ1v) is 10.0. The van der Waals surface area contributed by atoms with Gasteiger partial charge in [-0.25, -0.2) is 4.39 Å². The summed E-state index contributed by atoms with van der Waals surface area (Å²) in [5.74, 6) is -1.01. The van der Waals surface area contributed by atoms with E-state index in [1.165, 1.54) is 30.3 Å². The predicted molar refractivity (Wildman–Crippen MR) is 102 cm³/mol. The Morgan fingerprint density at radius 1 is 1.11 bits per heavy atom. The van der Waals surface area contributed by atoms with E-state index >= 15 is 0 Å². The van der Waals surface area contributed by atoms with Gasteiger partial charge in [-0.05, 0) is 41.8 Å². The number of carbonyl (C=O) groups excluding carboxylic acids is 1. The maximum atomic E-state index is 14.0. The summed E-state index contributed by atoms with van der Waals surface area (Å²) in [6, 6.07) is 12.6. The first kappa shape index (κ1) is 18.4.